The number of hydrogen-bond donors (Lipinski definition) is 2. The van der Waals surface area contributed by atoms with E-state index in [1.165, 1.54) is 0 Å². The first kappa shape index (κ1) is 13.1. The molecule has 0 saturated heterocycles. The van der Waals surface area contributed by atoms with Crippen LogP contribution in [0.25, 0.3) is 0 Å². The van der Waals surface area contributed by atoms with Crippen molar-refractivity contribution in [3.05, 3.63) is 35.9 Å². The van der Waals surface area contributed by atoms with E-state index in [9.17, 15) is 9.90 Å². The predicted octanol–water partition coefficient (Wildman–Crippen LogP) is 1.87. The van der Waals surface area contributed by atoms with E-state index in [4.69, 9.17) is 5.90 Å². The van der Waals surface area contributed by atoms with Crippen molar-refractivity contribution in [2.24, 2.45) is 11.8 Å². The Morgan fingerprint density at radius 2 is 1.83 bits per heavy atom. The maximum absolute atomic E-state index is 11.9. The molecular formula is C14H19NO3. The topological polar surface area (TPSA) is 72.5 Å². The monoisotopic (exact) mass is 249 g/mol. The number of nitrogens with two attached hydrogens (primary N) is 1. The maximum Gasteiger partial charge on any atom is 0.361 e. The molecular weight excluding hydrogens is 230 g/mol. The van der Waals surface area contributed by atoms with Crippen LogP contribution in [0, 0.1) is 5.92 Å². The van der Waals surface area contributed by atoms with Crippen LogP contribution in [0.4, 0.5) is 0 Å². The van der Waals surface area contributed by atoms with E-state index in [1.54, 1.807) is 24.3 Å². The third-order valence-corrected chi connectivity index (χ3v) is 3.83. The van der Waals surface area contributed by atoms with E-state index in [-0.39, 0.29) is 5.92 Å². The Labute approximate surface area is 107 Å². The van der Waals surface area contributed by atoms with E-state index in [0.29, 0.717) is 5.56 Å². The fourth-order valence-corrected chi connectivity index (χ4v) is 2.82. The molecule has 98 valence electrons. The van der Waals surface area contributed by atoms with Crippen LogP contribution in [-0.4, -0.2) is 11.1 Å². The largest absolute Gasteiger partial charge is 0.374 e. The van der Waals surface area contributed by atoms with Crippen LogP contribution in [0.2, 0.25) is 0 Å². The lowest BCUT2D eigenvalue weighted by atomic mass is 9.73. The smallest absolute Gasteiger partial charge is 0.361 e. The molecule has 18 heavy (non-hydrogen) atoms. The molecule has 0 heterocycles. The molecule has 1 aromatic rings. The highest BCUT2D eigenvalue weighted by Crippen LogP contribution is 2.40. The van der Waals surface area contributed by atoms with Crippen LogP contribution in [0.3, 0.4) is 0 Å². The van der Waals surface area contributed by atoms with Gasteiger partial charge in [-0.3, -0.25) is 0 Å². The van der Waals surface area contributed by atoms with Gasteiger partial charge in [-0.25, -0.2) is 4.79 Å². The molecule has 1 aromatic carbocycles. The van der Waals surface area contributed by atoms with Crippen molar-refractivity contribution in [3.8, 4) is 0 Å². The van der Waals surface area contributed by atoms with Gasteiger partial charge in [-0.15, -0.1) is 0 Å². The van der Waals surface area contributed by atoms with Gasteiger partial charge in [0.1, 0.15) is 0 Å². The summed E-state index contributed by atoms with van der Waals surface area (Å²) in [6.45, 7) is 0. The van der Waals surface area contributed by atoms with Gasteiger partial charge in [-0.1, -0.05) is 49.6 Å². The van der Waals surface area contributed by atoms with Crippen LogP contribution >= 0.6 is 0 Å². The average Bonchev–Trinajstić information content (AvgIpc) is 2.47. The van der Waals surface area contributed by atoms with Crippen molar-refractivity contribution in [3.63, 3.8) is 0 Å². The van der Waals surface area contributed by atoms with Crippen LogP contribution in [0.5, 0.6) is 0 Å². The highest BCUT2D eigenvalue weighted by molar-refractivity contribution is 5.81. The van der Waals surface area contributed by atoms with E-state index in [0.717, 1.165) is 32.1 Å². The van der Waals surface area contributed by atoms with Crippen molar-refractivity contribution >= 4 is 5.97 Å². The second-order valence-electron chi connectivity index (χ2n) is 4.87. The molecule has 0 radical (unpaired) electrons. The molecule has 0 aromatic heterocycles. The zero-order valence-corrected chi connectivity index (χ0v) is 10.3. The first-order valence-electron chi connectivity index (χ1n) is 6.38. The summed E-state index contributed by atoms with van der Waals surface area (Å²) in [5.41, 5.74) is -1.05. The minimum absolute atomic E-state index is 0.121. The summed E-state index contributed by atoms with van der Waals surface area (Å²) in [5, 5.41) is 10.8. The molecule has 0 aliphatic heterocycles. The molecule has 1 saturated carbocycles. The van der Waals surface area contributed by atoms with E-state index >= 15 is 0 Å². The van der Waals surface area contributed by atoms with Crippen LogP contribution < -0.4 is 5.90 Å². The minimum Gasteiger partial charge on any atom is -0.374 e. The molecule has 0 unspecified atom stereocenters. The summed E-state index contributed by atoms with van der Waals surface area (Å²) in [6, 6.07) is 8.93. The van der Waals surface area contributed by atoms with Gasteiger partial charge in [0.2, 0.25) is 0 Å². The number of benzene rings is 1. The van der Waals surface area contributed by atoms with E-state index in [1.807, 2.05) is 6.07 Å². The van der Waals surface area contributed by atoms with Crippen molar-refractivity contribution in [1.29, 1.82) is 0 Å². The molecule has 4 nitrogen and oxygen atoms in total. The summed E-state index contributed by atoms with van der Waals surface area (Å²) in [7, 11) is 0. The molecule has 4 heteroatoms. The maximum atomic E-state index is 11.9. The van der Waals surface area contributed by atoms with Crippen molar-refractivity contribution < 1.29 is 14.7 Å². The number of carbonyl (C=O) groups is 1. The van der Waals surface area contributed by atoms with Gasteiger partial charge in [0.15, 0.2) is 5.60 Å². The minimum atomic E-state index is -1.61. The van der Waals surface area contributed by atoms with Gasteiger partial charge in [0.05, 0.1) is 0 Å². The summed E-state index contributed by atoms with van der Waals surface area (Å²) in [6.07, 6.45) is 4.84. The SMILES string of the molecule is NOC(=O)[C@](O)(c1ccccc1)C1CCCCC1. The molecule has 1 fully saturated rings. The summed E-state index contributed by atoms with van der Waals surface area (Å²) in [5.74, 6) is 4.11. The molecule has 2 rings (SSSR count). The molecule has 1 atom stereocenters. The number of rotatable bonds is 3. The van der Waals surface area contributed by atoms with Gasteiger partial charge in [0.25, 0.3) is 0 Å². The van der Waals surface area contributed by atoms with Gasteiger partial charge in [0, 0.05) is 5.92 Å². The molecule has 1 aliphatic carbocycles. The van der Waals surface area contributed by atoms with Crippen molar-refractivity contribution in [2.75, 3.05) is 0 Å². The molecule has 1 aliphatic rings. The lowest BCUT2D eigenvalue weighted by Gasteiger charge is -2.36. The fourth-order valence-electron chi connectivity index (χ4n) is 2.82. The first-order chi connectivity index (χ1) is 8.69. The van der Waals surface area contributed by atoms with Crippen LogP contribution in [0.1, 0.15) is 37.7 Å². The van der Waals surface area contributed by atoms with Gasteiger partial charge in [-0.05, 0) is 18.4 Å². The number of carbonyl (C=O) groups excluding carboxylic acids is 1. The highest BCUT2D eigenvalue weighted by Gasteiger charge is 2.47. The van der Waals surface area contributed by atoms with E-state index in [2.05, 4.69) is 4.84 Å². The van der Waals surface area contributed by atoms with Gasteiger partial charge < -0.3 is 9.94 Å². The molecule has 0 amide bonds. The summed E-state index contributed by atoms with van der Waals surface area (Å²) in [4.78, 5) is 16.3. The summed E-state index contributed by atoms with van der Waals surface area (Å²) < 4.78 is 0. The Balaban J connectivity index is 2.36. The number of aliphatic hydroxyl groups is 1. The third-order valence-electron chi connectivity index (χ3n) is 3.83. The Bertz CT molecular complexity index is 401. The molecule has 0 bridgehead atoms. The van der Waals surface area contributed by atoms with E-state index < -0.39 is 11.6 Å². The molecule has 3 N–H and O–H groups in total. The van der Waals surface area contributed by atoms with Crippen molar-refractivity contribution in [2.45, 2.75) is 37.7 Å². The Kier molecular flexibility index (Phi) is 3.99. The highest BCUT2D eigenvalue weighted by atomic mass is 16.7. The lowest BCUT2D eigenvalue weighted by molar-refractivity contribution is -0.176. The Morgan fingerprint density at radius 3 is 2.39 bits per heavy atom. The lowest BCUT2D eigenvalue weighted by Crippen LogP contribution is -2.46. The predicted molar refractivity (Wildman–Crippen MR) is 67.2 cm³/mol. The Morgan fingerprint density at radius 1 is 1.22 bits per heavy atom. The average molecular weight is 249 g/mol. The second kappa shape index (κ2) is 5.50. The normalized spacial score (nSPS) is 20.1. The quantitative estimate of drug-likeness (QED) is 0.802. The first-order valence-corrected chi connectivity index (χ1v) is 6.38. The fraction of sp³-hybridized carbons (Fsp3) is 0.500. The van der Waals surface area contributed by atoms with Gasteiger partial charge in [-0.2, -0.15) is 5.90 Å². The zero-order chi connectivity index (χ0) is 13.0. The van der Waals surface area contributed by atoms with Crippen LogP contribution in [0.15, 0.2) is 30.3 Å². The Hall–Kier alpha value is -1.39. The summed E-state index contributed by atoms with van der Waals surface area (Å²) >= 11 is 0. The molecule has 0 spiro atoms. The number of hydrogen-bond acceptors (Lipinski definition) is 4. The standard InChI is InChI=1S/C14H19NO3/c15-18-13(16)14(17,11-7-3-1-4-8-11)12-9-5-2-6-10-12/h1,3-4,7-8,12,17H,2,5-6,9-10,15H2/t14-/m0/s1. The second-order valence-corrected chi connectivity index (χ2v) is 4.87. The van der Waals surface area contributed by atoms with Crippen molar-refractivity contribution in [1.82, 2.24) is 0 Å². The van der Waals surface area contributed by atoms with Crippen LogP contribution in [-0.2, 0) is 15.2 Å². The zero-order valence-electron chi connectivity index (χ0n) is 10.3. The van der Waals surface area contributed by atoms with Gasteiger partial charge >= 0.3 is 5.97 Å². The third kappa shape index (κ3) is 2.26.